The summed E-state index contributed by atoms with van der Waals surface area (Å²) >= 11 is 0. The van der Waals surface area contributed by atoms with Crippen LogP contribution < -0.4 is 10.9 Å². The first-order valence-corrected chi connectivity index (χ1v) is 11.5. The van der Waals surface area contributed by atoms with E-state index in [2.05, 4.69) is 46.8 Å². The highest BCUT2D eigenvalue weighted by Gasteiger charge is 2.31. The number of hydrogen-bond donors (Lipinski definition) is 3. The number of benzene rings is 1. The van der Waals surface area contributed by atoms with Gasteiger partial charge < -0.3 is 20.2 Å². The Morgan fingerprint density at radius 3 is 2.71 bits per heavy atom. The Labute approximate surface area is 204 Å². The van der Waals surface area contributed by atoms with E-state index in [0.29, 0.717) is 18.8 Å². The number of hydrazone groups is 1. The van der Waals surface area contributed by atoms with Crippen LogP contribution in [0.5, 0.6) is 0 Å². The molecule has 0 bridgehead atoms. The second-order valence-electron chi connectivity index (χ2n) is 7.91. The fraction of sp³-hybridized carbons (Fsp3) is 0.476. The average Bonchev–Trinajstić information content (AvgIpc) is 2.83. The molecule has 14 heteroatoms. The summed E-state index contributed by atoms with van der Waals surface area (Å²) in [6, 6.07) is 4.92. The minimum Gasteiger partial charge on any atom is -0.379 e. The summed E-state index contributed by atoms with van der Waals surface area (Å²) in [5.74, 6) is 0.197. The van der Waals surface area contributed by atoms with Gasteiger partial charge in [-0.3, -0.25) is 4.90 Å². The van der Waals surface area contributed by atoms with Gasteiger partial charge in [0, 0.05) is 44.6 Å². The van der Waals surface area contributed by atoms with E-state index in [-0.39, 0.29) is 12.5 Å². The number of aliphatic imine (C=N–C) groups is 2. The van der Waals surface area contributed by atoms with Gasteiger partial charge in [-0.2, -0.15) is 18.3 Å². The molecule has 2 unspecified atom stereocenters. The van der Waals surface area contributed by atoms with Crippen LogP contribution in [0.3, 0.4) is 0 Å². The minimum absolute atomic E-state index is 0.156. The number of nitrogens with one attached hydrogen (secondary N) is 2. The number of halogens is 3. The van der Waals surface area contributed by atoms with E-state index in [1.165, 1.54) is 18.5 Å². The SMILES string of the molecule is C=NC(=N/C=C(/P)CN1CCOCC1)N/N=C/N1CCN(Nc2cccc(C(F)(F)F)c2)CC1O. The molecule has 1 aromatic carbocycles. The van der Waals surface area contributed by atoms with Gasteiger partial charge in [0.15, 0.2) is 0 Å². The Hall–Kier alpha value is -2.57. The predicted octanol–water partition coefficient (Wildman–Crippen LogP) is 1.61. The number of aliphatic hydroxyl groups is 1. The number of guanidine groups is 1. The quantitative estimate of drug-likeness (QED) is 0.220. The van der Waals surface area contributed by atoms with Gasteiger partial charge in [0.1, 0.15) is 12.6 Å². The Balaban J connectivity index is 1.47. The zero-order valence-corrected chi connectivity index (χ0v) is 20.3. The zero-order valence-electron chi connectivity index (χ0n) is 19.2. The number of morpholine rings is 1. The van der Waals surface area contributed by atoms with Crippen LogP contribution in [0.1, 0.15) is 5.56 Å². The number of hydrazine groups is 1. The Kier molecular flexibility index (Phi) is 9.99. The lowest BCUT2D eigenvalue weighted by Gasteiger charge is -2.37. The minimum atomic E-state index is -4.42. The topological polar surface area (TPSA) is 100 Å². The van der Waals surface area contributed by atoms with E-state index in [4.69, 9.17) is 4.74 Å². The molecule has 3 rings (SSSR count). The number of nitrogens with zero attached hydrogens (tertiary/aromatic N) is 6. The lowest BCUT2D eigenvalue weighted by Crippen LogP contribution is -2.54. The first-order chi connectivity index (χ1) is 16.7. The summed E-state index contributed by atoms with van der Waals surface area (Å²) in [4.78, 5) is 11.9. The van der Waals surface area contributed by atoms with E-state index in [1.807, 2.05) is 0 Å². The molecule has 1 aromatic rings. The molecule has 10 nitrogen and oxygen atoms in total. The van der Waals surface area contributed by atoms with Crippen LogP contribution in [0.25, 0.3) is 0 Å². The maximum atomic E-state index is 12.9. The fourth-order valence-electron chi connectivity index (χ4n) is 3.43. The molecule has 0 aromatic heterocycles. The van der Waals surface area contributed by atoms with Gasteiger partial charge in [-0.1, -0.05) is 6.07 Å². The number of anilines is 1. The molecule has 0 amide bonds. The summed E-state index contributed by atoms with van der Waals surface area (Å²) < 4.78 is 44.1. The normalized spacial score (nSPS) is 21.4. The van der Waals surface area contributed by atoms with Crippen molar-refractivity contribution in [2.24, 2.45) is 15.1 Å². The van der Waals surface area contributed by atoms with Crippen molar-refractivity contribution in [1.29, 1.82) is 0 Å². The Morgan fingerprint density at radius 2 is 2.03 bits per heavy atom. The zero-order chi connectivity index (χ0) is 25.3. The lowest BCUT2D eigenvalue weighted by atomic mass is 10.2. The highest BCUT2D eigenvalue weighted by Crippen LogP contribution is 2.30. The Morgan fingerprint density at radius 1 is 1.26 bits per heavy atom. The number of hydrogen-bond acceptors (Lipinski definition) is 7. The molecular formula is C21H30F3N8O2P. The monoisotopic (exact) mass is 514 g/mol. The van der Waals surface area contributed by atoms with Gasteiger partial charge in [0.2, 0.25) is 5.96 Å². The molecular weight excluding hydrogens is 484 g/mol. The molecule has 3 N–H and O–H groups in total. The molecule has 2 heterocycles. The van der Waals surface area contributed by atoms with Gasteiger partial charge >= 0.3 is 6.18 Å². The summed E-state index contributed by atoms with van der Waals surface area (Å²) in [7, 11) is 2.65. The highest BCUT2D eigenvalue weighted by atomic mass is 31.0. The van der Waals surface area contributed by atoms with E-state index in [0.717, 1.165) is 50.3 Å². The number of β-amino-alcohol motifs (C(OH)–C–C–N with tert-alkyl or cyclic N) is 1. The van der Waals surface area contributed by atoms with Crippen molar-refractivity contribution in [2.45, 2.75) is 12.4 Å². The van der Waals surface area contributed by atoms with Crippen molar-refractivity contribution in [3.63, 3.8) is 0 Å². The summed E-state index contributed by atoms with van der Waals surface area (Å²) in [6.45, 7) is 8.40. The molecule has 192 valence electrons. The molecule has 2 fully saturated rings. The lowest BCUT2D eigenvalue weighted by molar-refractivity contribution is -0.137. The second kappa shape index (κ2) is 12.9. The molecule has 0 saturated carbocycles. The van der Waals surface area contributed by atoms with Crippen molar-refractivity contribution >= 4 is 33.9 Å². The third-order valence-electron chi connectivity index (χ3n) is 5.25. The van der Waals surface area contributed by atoms with E-state index in [9.17, 15) is 18.3 Å². The van der Waals surface area contributed by atoms with Crippen molar-refractivity contribution < 1.29 is 23.0 Å². The fourth-order valence-corrected chi connectivity index (χ4v) is 3.76. The van der Waals surface area contributed by atoms with Crippen molar-refractivity contribution in [3.8, 4) is 0 Å². The maximum Gasteiger partial charge on any atom is 0.416 e. The predicted molar refractivity (Wildman–Crippen MR) is 133 cm³/mol. The van der Waals surface area contributed by atoms with Crippen LogP contribution in [0.4, 0.5) is 18.9 Å². The molecule has 2 aliphatic rings. The first-order valence-electron chi connectivity index (χ1n) is 11.0. The number of rotatable bonds is 7. The second-order valence-corrected chi connectivity index (χ2v) is 8.66. The van der Waals surface area contributed by atoms with Gasteiger partial charge in [-0.15, -0.1) is 9.24 Å². The molecule has 2 atom stereocenters. The molecule has 0 radical (unpaired) electrons. The number of ether oxygens (including phenoxy) is 1. The summed E-state index contributed by atoms with van der Waals surface area (Å²) in [6.07, 6.45) is -2.25. The third kappa shape index (κ3) is 8.86. The number of alkyl halides is 3. The van der Waals surface area contributed by atoms with E-state index >= 15 is 0 Å². The maximum absolute atomic E-state index is 12.9. The van der Waals surface area contributed by atoms with Crippen molar-refractivity contribution in [2.75, 3.05) is 57.9 Å². The summed E-state index contributed by atoms with van der Waals surface area (Å²) in [5.41, 5.74) is 5.15. The van der Waals surface area contributed by atoms with Crippen LogP contribution >= 0.6 is 9.24 Å². The van der Waals surface area contributed by atoms with Gasteiger partial charge in [-0.05, 0) is 30.2 Å². The third-order valence-corrected chi connectivity index (χ3v) is 5.59. The molecule has 2 saturated heterocycles. The Bertz CT molecular complexity index is 937. The largest absolute Gasteiger partial charge is 0.416 e. The molecule has 0 spiro atoms. The number of aliphatic hydroxyl groups excluding tert-OH is 1. The number of piperazine rings is 1. The van der Waals surface area contributed by atoms with E-state index in [1.54, 1.807) is 16.1 Å². The van der Waals surface area contributed by atoms with Crippen LogP contribution in [-0.4, -0.2) is 97.6 Å². The first kappa shape index (κ1) is 27.0. The van der Waals surface area contributed by atoms with Crippen LogP contribution in [0, 0.1) is 0 Å². The van der Waals surface area contributed by atoms with E-state index < -0.39 is 18.0 Å². The molecule has 35 heavy (non-hydrogen) atoms. The highest BCUT2D eigenvalue weighted by molar-refractivity contribution is 7.22. The molecule has 0 aliphatic carbocycles. The van der Waals surface area contributed by atoms with Crippen molar-refractivity contribution in [3.05, 3.63) is 41.3 Å². The standard InChI is InChI=1S/C21H30F3N8O2P/c1-25-20(26-12-18(35)13-30-7-9-34-10-8-30)28-27-15-31-5-6-32(14-19(31)33)29-17-4-2-3-16(11-17)21(22,23)24/h2-4,11-12,15,19,29,33H,1,5-10,13-14,35H2,(H,26,28)/b18-12+,27-15+. The smallest absolute Gasteiger partial charge is 0.379 e. The molecule has 2 aliphatic heterocycles. The van der Waals surface area contributed by atoms with Gasteiger partial charge in [0.25, 0.3) is 0 Å². The van der Waals surface area contributed by atoms with Crippen molar-refractivity contribution in [1.82, 2.24) is 20.2 Å². The average molecular weight is 514 g/mol. The van der Waals surface area contributed by atoms with Crippen LogP contribution in [0.15, 0.2) is 50.9 Å². The van der Waals surface area contributed by atoms with Gasteiger partial charge in [-0.25, -0.2) is 20.4 Å². The van der Waals surface area contributed by atoms with Crippen LogP contribution in [-0.2, 0) is 10.9 Å². The van der Waals surface area contributed by atoms with Crippen LogP contribution in [0.2, 0.25) is 0 Å². The summed E-state index contributed by atoms with van der Waals surface area (Å²) in [5, 5.41) is 17.1. The van der Waals surface area contributed by atoms with Gasteiger partial charge in [0.05, 0.1) is 25.3 Å².